The molecule has 0 fully saturated rings. The molecular formula is C9H22O3SSi. The van der Waals surface area contributed by atoms with Gasteiger partial charge >= 0.3 is 9.53 Å². The van der Waals surface area contributed by atoms with E-state index in [9.17, 15) is 0 Å². The fourth-order valence-electron chi connectivity index (χ4n) is 0.553. The fraction of sp³-hybridized carbons (Fsp3) is 0.778. The van der Waals surface area contributed by atoms with Gasteiger partial charge in [0.05, 0.1) is 0 Å². The van der Waals surface area contributed by atoms with E-state index in [1.165, 1.54) is 0 Å². The summed E-state index contributed by atoms with van der Waals surface area (Å²) in [5, 5.41) is 1.69. The summed E-state index contributed by atoms with van der Waals surface area (Å²) in [6.07, 6.45) is 1.86. The van der Waals surface area contributed by atoms with E-state index < -0.39 is 9.53 Å². The van der Waals surface area contributed by atoms with Crippen LogP contribution in [-0.4, -0.2) is 29.3 Å². The lowest BCUT2D eigenvalue weighted by Crippen LogP contribution is -2.27. The second-order valence-electron chi connectivity index (χ2n) is 2.14. The van der Waals surface area contributed by atoms with E-state index in [1.54, 1.807) is 5.41 Å². The predicted molar refractivity (Wildman–Crippen MR) is 65.8 cm³/mol. The molecule has 0 heterocycles. The molecule has 0 rings (SSSR count). The molecule has 0 spiro atoms. The Morgan fingerprint density at radius 2 is 1.29 bits per heavy atom. The molecule has 0 amide bonds. The van der Waals surface area contributed by atoms with Gasteiger partial charge in [0.25, 0.3) is 0 Å². The first-order chi connectivity index (χ1) is 6.76. The summed E-state index contributed by atoms with van der Waals surface area (Å²) in [4.78, 5) is 0. The zero-order valence-corrected chi connectivity index (χ0v) is 11.6. The standard InChI is InChI=1S/C6H16O3Si.C3H6S/c1-4-7-10(8-5-2)9-6-3;1-2-3-4/h10H,4-6H2,1-3H3;2-4H,1H3. The molecule has 0 aliphatic heterocycles. The van der Waals surface area contributed by atoms with Crippen molar-refractivity contribution in [1.82, 2.24) is 0 Å². The Kier molecular flexibility index (Phi) is 18.6. The van der Waals surface area contributed by atoms with Crippen molar-refractivity contribution < 1.29 is 13.3 Å². The predicted octanol–water partition coefficient (Wildman–Crippen LogP) is 2.26. The van der Waals surface area contributed by atoms with Crippen LogP contribution in [0.2, 0.25) is 0 Å². The third-order valence-electron chi connectivity index (χ3n) is 1.06. The Bertz CT molecular complexity index is 104. The highest BCUT2D eigenvalue weighted by Gasteiger charge is 2.11. The summed E-state index contributed by atoms with van der Waals surface area (Å²) in [5.41, 5.74) is 0. The summed E-state index contributed by atoms with van der Waals surface area (Å²) in [6.45, 7) is 9.78. The van der Waals surface area contributed by atoms with Crippen LogP contribution in [0.5, 0.6) is 0 Å². The minimum atomic E-state index is -1.73. The molecule has 0 bridgehead atoms. The van der Waals surface area contributed by atoms with Crippen LogP contribution in [0.3, 0.4) is 0 Å². The fourth-order valence-corrected chi connectivity index (χ4v) is 1.66. The van der Waals surface area contributed by atoms with Crippen molar-refractivity contribution in [2.24, 2.45) is 0 Å². The minimum Gasteiger partial charge on any atom is -0.376 e. The molecule has 0 atom stereocenters. The third kappa shape index (κ3) is 14.7. The summed E-state index contributed by atoms with van der Waals surface area (Å²) < 4.78 is 15.7. The lowest BCUT2D eigenvalue weighted by Gasteiger charge is -2.12. The third-order valence-corrected chi connectivity index (χ3v) is 3.17. The van der Waals surface area contributed by atoms with E-state index in [0.717, 1.165) is 0 Å². The molecule has 0 aliphatic rings. The van der Waals surface area contributed by atoms with Gasteiger partial charge in [-0.3, -0.25) is 0 Å². The van der Waals surface area contributed by atoms with E-state index in [-0.39, 0.29) is 0 Å². The zero-order chi connectivity index (χ0) is 11.2. The van der Waals surface area contributed by atoms with Crippen LogP contribution in [-0.2, 0) is 13.3 Å². The van der Waals surface area contributed by atoms with Gasteiger partial charge in [0.15, 0.2) is 0 Å². The largest absolute Gasteiger partial charge is 0.484 e. The highest BCUT2D eigenvalue weighted by atomic mass is 32.1. The second kappa shape index (κ2) is 15.6. The van der Waals surface area contributed by atoms with Crippen LogP contribution in [0.15, 0.2) is 11.5 Å². The molecular weight excluding hydrogens is 216 g/mol. The van der Waals surface area contributed by atoms with Gasteiger partial charge in [-0.15, -0.1) is 0 Å². The van der Waals surface area contributed by atoms with Crippen molar-refractivity contribution >= 4 is 22.2 Å². The summed E-state index contributed by atoms with van der Waals surface area (Å²) in [6, 6.07) is 0. The molecule has 0 saturated heterocycles. The number of allylic oxidation sites excluding steroid dienone is 1. The lowest BCUT2D eigenvalue weighted by molar-refractivity contribution is 0.107. The quantitative estimate of drug-likeness (QED) is 0.568. The molecule has 0 radical (unpaired) electrons. The molecule has 0 saturated carbocycles. The van der Waals surface area contributed by atoms with Crippen LogP contribution in [0.4, 0.5) is 0 Å². The van der Waals surface area contributed by atoms with E-state index in [2.05, 4.69) is 12.6 Å². The van der Waals surface area contributed by atoms with E-state index >= 15 is 0 Å². The highest BCUT2D eigenvalue weighted by Crippen LogP contribution is 1.91. The van der Waals surface area contributed by atoms with Gasteiger partial charge in [0, 0.05) is 19.8 Å². The molecule has 0 aromatic heterocycles. The van der Waals surface area contributed by atoms with Gasteiger partial charge in [0.1, 0.15) is 0 Å². The van der Waals surface area contributed by atoms with Crippen molar-refractivity contribution in [3.8, 4) is 0 Å². The molecule has 86 valence electrons. The Balaban J connectivity index is 0. The molecule has 5 heteroatoms. The number of hydrogen-bond donors (Lipinski definition) is 1. The van der Waals surface area contributed by atoms with Gasteiger partial charge in [-0.1, -0.05) is 6.08 Å². The van der Waals surface area contributed by atoms with Crippen LogP contribution < -0.4 is 0 Å². The number of thiol groups is 1. The van der Waals surface area contributed by atoms with E-state index in [0.29, 0.717) is 19.8 Å². The Morgan fingerprint density at radius 1 is 1.00 bits per heavy atom. The molecule has 0 aromatic carbocycles. The number of hydrogen-bond acceptors (Lipinski definition) is 4. The van der Waals surface area contributed by atoms with Crippen LogP contribution >= 0.6 is 12.6 Å². The molecule has 0 N–H and O–H groups in total. The van der Waals surface area contributed by atoms with Gasteiger partial charge in [-0.2, -0.15) is 12.6 Å². The monoisotopic (exact) mass is 238 g/mol. The Hall–Kier alpha value is 0.187. The van der Waals surface area contributed by atoms with Crippen molar-refractivity contribution in [3.63, 3.8) is 0 Å². The van der Waals surface area contributed by atoms with Crippen molar-refractivity contribution in [2.45, 2.75) is 27.7 Å². The smallest absolute Gasteiger partial charge is 0.376 e. The van der Waals surface area contributed by atoms with Gasteiger partial charge in [0.2, 0.25) is 0 Å². The first-order valence-corrected chi connectivity index (χ1v) is 6.79. The maximum absolute atomic E-state index is 5.22. The average Bonchev–Trinajstić information content (AvgIpc) is 2.20. The summed E-state index contributed by atoms with van der Waals surface area (Å²) in [5.74, 6) is 0. The molecule has 3 nitrogen and oxygen atoms in total. The topological polar surface area (TPSA) is 27.7 Å². The zero-order valence-electron chi connectivity index (χ0n) is 9.53. The lowest BCUT2D eigenvalue weighted by atomic mass is 10.8. The molecule has 0 unspecified atom stereocenters. The maximum atomic E-state index is 5.22. The van der Waals surface area contributed by atoms with Crippen molar-refractivity contribution in [1.29, 1.82) is 0 Å². The van der Waals surface area contributed by atoms with Crippen LogP contribution in [0.25, 0.3) is 0 Å². The maximum Gasteiger partial charge on any atom is 0.484 e. The summed E-state index contributed by atoms with van der Waals surface area (Å²) in [7, 11) is -1.73. The summed E-state index contributed by atoms with van der Waals surface area (Å²) >= 11 is 3.74. The molecule has 0 aromatic rings. The van der Waals surface area contributed by atoms with E-state index in [4.69, 9.17) is 13.3 Å². The van der Waals surface area contributed by atoms with Crippen molar-refractivity contribution in [3.05, 3.63) is 11.5 Å². The first kappa shape index (κ1) is 16.6. The SMILES string of the molecule is CC=CS.CCO[SiH](OCC)OCC. The van der Waals surface area contributed by atoms with Gasteiger partial charge in [-0.25, -0.2) is 0 Å². The molecule has 14 heavy (non-hydrogen) atoms. The Morgan fingerprint density at radius 3 is 1.43 bits per heavy atom. The first-order valence-electron chi connectivity index (χ1n) is 4.86. The normalized spacial score (nSPS) is 10.4. The van der Waals surface area contributed by atoms with E-state index in [1.807, 2.05) is 33.8 Å². The average molecular weight is 238 g/mol. The minimum absolute atomic E-state index is 0.677. The number of rotatable bonds is 6. The van der Waals surface area contributed by atoms with Gasteiger partial charge < -0.3 is 13.3 Å². The van der Waals surface area contributed by atoms with Gasteiger partial charge in [-0.05, 0) is 33.1 Å². The highest BCUT2D eigenvalue weighted by molar-refractivity contribution is 7.83. The van der Waals surface area contributed by atoms with Crippen LogP contribution in [0, 0.1) is 0 Å². The van der Waals surface area contributed by atoms with Crippen molar-refractivity contribution in [2.75, 3.05) is 19.8 Å². The Labute approximate surface area is 94.8 Å². The van der Waals surface area contributed by atoms with Crippen LogP contribution in [0.1, 0.15) is 27.7 Å². The second-order valence-corrected chi connectivity index (χ2v) is 4.01. The molecule has 0 aliphatic carbocycles.